The number of nitrogens with zero attached hydrogens (tertiary/aromatic N) is 2. The molecule has 2 N–H and O–H groups in total. The number of carbonyl (C=O) groups is 3. The molecule has 4 rings (SSSR count). The van der Waals surface area contributed by atoms with Gasteiger partial charge in [0.15, 0.2) is 6.61 Å². The number of benzene rings is 3. The lowest BCUT2D eigenvalue weighted by Gasteiger charge is -2.16. The van der Waals surface area contributed by atoms with Crippen molar-refractivity contribution >= 4 is 52.3 Å². The third-order valence-electron chi connectivity index (χ3n) is 4.37. The average molecular weight is 446 g/mol. The summed E-state index contributed by atoms with van der Waals surface area (Å²) in [6.45, 7) is -0.438. The van der Waals surface area contributed by atoms with Crippen molar-refractivity contribution in [3.8, 4) is 0 Å². The van der Waals surface area contributed by atoms with Gasteiger partial charge in [-0.15, -0.1) is 11.8 Å². The number of amides is 2. The summed E-state index contributed by atoms with van der Waals surface area (Å²) in [5, 5.41) is 13.6. The molecule has 9 heteroatoms. The molecule has 1 aliphatic heterocycles. The molecule has 32 heavy (non-hydrogen) atoms. The van der Waals surface area contributed by atoms with Crippen LogP contribution in [0.1, 0.15) is 10.4 Å². The second-order valence-electron chi connectivity index (χ2n) is 6.75. The molecule has 3 aromatic carbocycles. The number of nitrogens with one attached hydrogen (secondary N) is 2. The fraction of sp³-hybridized carbons (Fsp3) is 0.0870. The largest absolute Gasteiger partial charge is 0.452 e. The zero-order chi connectivity index (χ0) is 22.3. The Hall–Kier alpha value is -3.98. The van der Waals surface area contributed by atoms with Crippen LogP contribution in [-0.2, 0) is 14.3 Å². The second kappa shape index (κ2) is 9.88. The van der Waals surface area contributed by atoms with Gasteiger partial charge in [-0.1, -0.05) is 18.2 Å². The minimum Gasteiger partial charge on any atom is -0.452 e. The first-order valence-corrected chi connectivity index (χ1v) is 10.7. The SMILES string of the molecule is O=C(COC(=O)c1ccc2c(c1)NC(=O)CS2)Nc1ccc(N=Nc2ccccc2)cc1. The van der Waals surface area contributed by atoms with Crippen molar-refractivity contribution in [1.29, 1.82) is 0 Å². The van der Waals surface area contributed by atoms with Gasteiger partial charge < -0.3 is 15.4 Å². The van der Waals surface area contributed by atoms with Crippen LogP contribution in [0.15, 0.2) is 87.9 Å². The van der Waals surface area contributed by atoms with E-state index < -0.39 is 18.5 Å². The third kappa shape index (κ3) is 5.58. The lowest BCUT2D eigenvalue weighted by atomic mass is 10.2. The lowest BCUT2D eigenvalue weighted by molar-refractivity contribution is -0.119. The molecule has 0 atom stereocenters. The maximum atomic E-state index is 12.3. The normalized spacial score (nSPS) is 12.7. The maximum absolute atomic E-state index is 12.3. The Balaban J connectivity index is 1.28. The summed E-state index contributed by atoms with van der Waals surface area (Å²) >= 11 is 1.40. The van der Waals surface area contributed by atoms with Gasteiger partial charge in [0.25, 0.3) is 5.91 Å². The van der Waals surface area contributed by atoms with Crippen LogP contribution in [0.25, 0.3) is 0 Å². The molecule has 0 aromatic heterocycles. The molecule has 0 aliphatic carbocycles. The van der Waals surface area contributed by atoms with Gasteiger partial charge in [-0.2, -0.15) is 10.2 Å². The summed E-state index contributed by atoms with van der Waals surface area (Å²) < 4.78 is 5.09. The highest BCUT2D eigenvalue weighted by Gasteiger charge is 2.18. The van der Waals surface area contributed by atoms with Crippen LogP contribution in [0.2, 0.25) is 0 Å². The summed E-state index contributed by atoms with van der Waals surface area (Å²) in [4.78, 5) is 36.8. The van der Waals surface area contributed by atoms with Gasteiger partial charge in [0, 0.05) is 10.6 Å². The number of hydrogen-bond donors (Lipinski definition) is 2. The first-order valence-electron chi connectivity index (χ1n) is 9.67. The Kier molecular flexibility index (Phi) is 6.57. The summed E-state index contributed by atoms with van der Waals surface area (Å²) in [7, 11) is 0. The zero-order valence-corrected chi connectivity index (χ0v) is 17.6. The highest BCUT2D eigenvalue weighted by Crippen LogP contribution is 2.32. The predicted molar refractivity (Wildman–Crippen MR) is 122 cm³/mol. The molecule has 2 amide bonds. The minimum atomic E-state index is -0.649. The van der Waals surface area contributed by atoms with Crippen LogP contribution in [0, 0.1) is 0 Å². The smallest absolute Gasteiger partial charge is 0.338 e. The van der Waals surface area contributed by atoms with Crippen LogP contribution in [0.3, 0.4) is 0 Å². The molecular formula is C23H18N4O4S. The average Bonchev–Trinajstić information content (AvgIpc) is 2.82. The quantitative estimate of drug-likeness (QED) is 0.412. The molecule has 1 heterocycles. The first-order chi connectivity index (χ1) is 15.6. The van der Waals surface area contributed by atoms with E-state index in [1.54, 1.807) is 42.5 Å². The van der Waals surface area contributed by atoms with Crippen LogP contribution in [-0.4, -0.2) is 30.1 Å². The number of carbonyl (C=O) groups excluding carboxylic acids is 3. The van der Waals surface area contributed by atoms with Crippen LogP contribution in [0.5, 0.6) is 0 Å². The minimum absolute atomic E-state index is 0.125. The van der Waals surface area contributed by atoms with Crippen LogP contribution < -0.4 is 10.6 Å². The number of rotatable bonds is 6. The van der Waals surface area contributed by atoms with Crippen LogP contribution >= 0.6 is 11.8 Å². The first kappa shape index (κ1) is 21.3. The fourth-order valence-corrected chi connectivity index (χ4v) is 3.63. The maximum Gasteiger partial charge on any atom is 0.338 e. The predicted octanol–water partition coefficient (Wildman–Crippen LogP) is 4.94. The summed E-state index contributed by atoms with van der Waals surface area (Å²) in [6, 6.07) is 21.0. The number of fused-ring (bicyclic) bond motifs is 1. The summed E-state index contributed by atoms with van der Waals surface area (Å²) in [6.07, 6.45) is 0. The van der Waals surface area contributed by atoms with E-state index >= 15 is 0 Å². The van der Waals surface area contributed by atoms with E-state index in [1.165, 1.54) is 11.8 Å². The molecule has 0 bridgehead atoms. The second-order valence-corrected chi connectivity index (χ2v) is 7.77. The molecule has 1 aliphatic rings. The van der Waals surface area contributed by atoms with Crippen molar-refractivity contribution in [3.63, 3.8) is 0 Å². The molecule has 160 valence electrons. The van der Waals surface area contributed by atoms with E-state index in [1.807, 2.05) is 30.3 Å². The molecule has 0 fully saturated rings. The Morgan fingerprint density at radius 3 is 2.44 bits per heavy atom. The molecule has 8 nitrogen and oxygen atoms in total. The molecule has 0 saturated carbocycles. The van der Waals surface area contributed by atoms with Crippen molar-refractivity contribution in [2.75, 3.05) is 23.0 Å². The third-order valence-corrected chi connectivity index (χ3v) is 5.44. The molecule has 0 unspecified atom stereocenters. The number of hydrogen-bond acceptors (Lipinski definition) is 7. The van der Waals surface area contributed by atoms with Gasteiger partial charge in [-0.05, 0) is 54.6 Å². The van der Waals surface area contributed by atoms with E-state index in [-0.39, 0.29) is 11.5 Å². The Bertz CT molecular complexity index is 1180. The number of ether oxygens (including phenoxy) is 1. The Morgan fingerprint density at radius 1 is 0.969 bits per heavy atom. The number of esters is 1. The molecule has 0 saturated heterocycles. The molecule has 0 radical (unpaired) electrons. The van der Waals surface area contributed by atoms with E-state index in [0.29, 0.717) is 22.8 Å². The number of thioether (sulfide) groups is 1. The van der Waals surface area contributed by atoms with E-state index in [9.17, 15) is 14.4 Å². The number of azo groups is 1. The van der Waals surface area contributed by atoms with Crippen molar-refractivity contribution in [2.45, 2.75) is 4.90 Å². The van der Waals surface area contributed by atoms with Gasteiger partial charge >= 0.3 is 5.97 Å². The van der Waals surface area contributed by atoms with Gasteiger partial charge in [0.1, 0.15) is 0 Å². The van der Waals surface area contributed by atoms with Crippen molar-refractivity contribution in [2.24, 2.45) is 10.2 Å². The van der Waals surface area contributed by atoms with E-state index in [2.05, 4.69) is 20.9 Å². The van der Waals surface area contributed by atoms with Crippen molar-refractivity contribution in [1.82, 2.24) is 0 Å². The van der Waals surface area contributed by atoms with E-state index in [4.69, 9.17) is 4.74 Å². The highest BCUT2D eigenvalue weighted by atomic mass is 32.2. The summed E-state index contributed by atoms with van der Waals surface area (Å²) in [5.41, 5.74) is 2.74. The summed E-state index contributed by atoms with van der Waals surface area (Å²) in [5.74, 6) is -0.906. The molecule has 3 aromatic rings. The Labute approximate surface area is 188 Å². The van der Waals surface area contributed by atoms with Crippen LogP contribution in [0.4, 0.5) is 22.7 Å². The fourth-order valence-electron chi connectivity index (χ4n) is 2.84. The van der Waals surface area contributed by atoms with Gasteiger partial charge in [0.2, 0.25) is 5.91 Å². The zero-order valence-electron chi connectivity index (χ0n) is 16.8. The number of anilines is 2. The van der Waals surface area contributed by atoms with Gasteiger partial charge in [-0.3, -0.25) is 9.59 Å². The Morgan fingerprint density at radius 2 is 1.69 bits per heavy atom. The van der Waals surface area contributed by atoms with Crippen molar-refractivity contribution in [3.05, 3.63) is 78.4 Å². The van der Waals surface area contributed by atoms with Crippen molar-refractivity contribution < 1.29 is 19.1 Å². The lowest BCUT2D eigenvalue weighted by Crippen LogP contribution is -2.21. The van der Waals surface area contributed by atoms with Gasteiger partial charge in [-0.25, -0.2) is 4.79 Å². The molecular weight excluding hydrogens is 428 g/mol. The monoisotopic (exact) mass is 446 g/mol. The van der Waals surface area contributed by atoms with Gasteiger partial charge in [0.05, 0.1) is 28.4 Å². The topological polar surface area (TPSA) is 109 Å². The highest BCUT2D eigenvalue weighted by molar-refractivity contribution is 8.00. The standard InChI is InChI=1S/C23H18N4O4S/c28-21(13-31-23(30)15-6-11-20-19(12-15)25-22(29)14-32-20)24-16-7-9-18(10-8-16)27-26-17-4-2-1-3-5-17/h1-12H,13-14H2,(H,24,28)(H,25,29). The molecule has 0 spiro atoms. The van der Waals surface area contributed by atoms with E-state index in [0.717, 1.165) is 10.6 Å².